The molecule has 3 amide bonds. The molecule has 218 valence electrons. The van der Waals surface area contributed by atoms with E-state index in [-0.39, 0.29) is 18.1 Å². The highest BCUT2D eigenvalue weighted by molar-refractivity contribution is 7.99. The highest BCUT2D eigenvalue weighted by Crippen LogP contribution is 2.47. The third-order valence-corrected chi connectivity index (χ3v) is 6.66. The number of nitrogens with zero attached hydrogens (tertiary/aromatic N) is 2. The Bertz CT molecular complexity index is 898. The van der Waals surface area contributed by atoms with E-state index in [1.807, 2.05) is 13.8 Å². The van der Waals surface area contributed by atoms with E-state index in [1.54, 1.807) is 80.2 Å². The molecule has 38 heavy (non-hydrogen) atoms. The molecule has 3 atom stereocenters. The predicted octanol–water partition coefficient (Wildman–Crippen LogP) is 6.15. The van der Waals surface area contributed by atoms with Gasteiger partial charge in [0.2, 0.25) is 5.91 Å². The summed E-state index contributed by atoms with van der Waals surface area (Å²) in [5.74, 6) is -1.45. The van der Waals surface area contributed by atoms with Gasteiger partial charge >= 0.3 is 18.2 Å². The van der Waals surface area contributed by atoms with Crippen molar-refractivity contribution in [1.29, 1.82) is 0 Å². The van der Waals surface area contributed by atoms with E-state index >= 15 is 0 Å². The molecule has 1 aliphatic heterocycles. The van der Waals surface area contributed by atoms with E-state index in [9.17, 15) is 19.2 Å². The molecule has 1 aliphatic rings. The molecule has 0 bridgehead atoms. The summed E-state index contributed by atoms with van der Waals surface area (Å²) >= 11 is 1.61. The lowest BCUT2D eigenvalue weighted by Gasteiger charge is -2.48. The minimum Gasteiger partial charge on any atom is -0.458 e. The Morgan fingerprint density at radius 3 is 1.87 bits per heavy atom. The summed E-state index contributed by atoms with van der Waals surface area (Å²) in [6.07, 6.45) is 0.106. The van der Waals surface area contributed by atoms with Gasteiger partial charge in [0.15, 0.2) is 0 Å². The van der Waals surface area contributed by atoms with Crippen molar-refractivity contribution in [3.8, 4) is 0 Å². The molecule has 9 nitrogen and oxygen atoms in total. The summed E-state index contributed by atoms with van der Waals surface area (Å²) in [6, 6.07) is -1.12. The van der Waals surface area contributed by atoms with Crippen molar-refractivity contribution >= 4 is 35.8 Å². The van der Waals surface area contributed by atoms with Gasteiger partial charge in [0.25, 0.3) is 0 Å². The summed E-state index contributed by atoms with van der Waals surface area (Å²) in [5.41, 5.74) is -4.26. The van der Waals surface area contributed by atoms with Crippen LogP contribution in [0.3, 0.4) is 0 Å². The fraction of sp³-hybridized carbons (Fsp3) is 0.786. The summed E-state index contributed by atoms with van der Waals surface area (Å²) < 4.78 is 17.1. The molecule has 1 rings (SSSR count). The van der Waals surface area contributed by atoms with Gasteiger partial charge in [-0.15, -0.1) is 6.58 Å². The molecule has 1 heterocycles. The average molecular weight is 557 g/mol. The zero-order valence-corrected chi connectivity index (χ0v) is 26.1. The first-order valence-electron chi connectivity index (χ1n) is 13.1. The highest BCUT2D eigenvalue weighted by atomic mass is 32.2. The SMILES string of the molecule is C=C[C@@H]1C[C@H](C(=O)OC(C)(C)C)N(C(=O)OC(C)(C)C)[C@]1(CCSC(C)C)N(C(C)=O)C(=O)OC(C)(C)C. The van der Waals surface area contributed by atoms with Crippen molar-refractivity contribution < 1.29 is 33.4 Å². The second kappa shape index (κ2) is 12.3. The van der Waals surface area contributed by atoms with Crippen molar-refractivity contribution in [2.45, 2.75) is 130 Å². The lowest BCUT2D eigenvalue weighted by Crippen LogP contribution is -2.68. The Labute approximate surface area is 233 Å². The topological polar surface area (TPSA) is 102 Å². The van der Waals surface area contributed by atoms with Crippen molar-refractivity contribution in [3.05, 3.63) is 12.7 Å². The smallest absolute Gasteiger partial charge is 0.419 e. The standard InChI is InChI=1S/C28H48N2O7S/c1-14-20-17-21(22(32)35-25(5,6)7)30(24(34)37-27(11,12)13)28(20,15-16-38-18(2)3)29(19(4)31)23(33)36-26(8,9)10/h14,18,20-21H,1,15-17H2,2-13H3/t20-,21-,28+/m1/s1. The molecule has 10 heteroatoms. The van der Waals surface area contributed by atoms with E-state index in [2.05, 4.69) is 6.58 Å². The molecule has 0 N–H and O–H groups in total. The molecule has 1 fully saturated rings. The summed E-state index contributed by atoms with van der Waals surface area (Å²) in [4.78, 5) is 56.6. The number of hydrogen-bond donors (Lipinski definition) is 0. The summed E-state index contributed by atoms with van der Waals surface area (Å²) in [5, 5.41) is 0.250. The van der Waals surface area contributed by atoms with Crippen molar-refractivity contribution in [1.82, 2.24) is 9.80 Å². The van der Waals surface area contributed by atoms with Crippen LogP contribution in [0.25, 0.3) is 0 Å². The lowest BCUT2D eigenvalue weighted by atomic mass is 9.88. The normalized spacial score (nSPS) is 22.2. The third kappa shape index (κ3) is 8.92. The van der Waals surface area contributed by atoms with Crippen LogP contribution in [0.1, 0.15) is 95.9 Å². The van der Waals surface area contributed by atoms with Gasteiger partial charge < -0.3 is 14.2 Å². The van der Waals surface area contributed by atoms with Gasteiger partial charge in [-0.05, 0) is 86.2 Å². The van der Waals surface area contributed by atoms with Gasteiger partial charge in [-0.25, -0.2) is 19.3 Å². The first kappa shape index (κ1) is 33.8. The van der Waals surface area contributed by atoms with Gasteiger partial charge in [0, 0.05) is 12.8 Å². The van der Waals surface area contributed by atoms with Crippen LogP contribution >= 0.6 is 11.8 Å². The molecule has 0 radical (unpaired) electrons. The predicted molar refractivity (Wildman–Crippen MR) is 150 cm³/mol. The maximum atomic E-state index is 13.9. The molecular weight excluding hydrogens is 508 g/mol. The summed E-state index contributed by atoms with van der Waals surface area (Å²) in [6.45, 7) is 24.7. The van der Waals surface area contributed by atoms with E-state index in [4.69, 9.17) is 14.2 Å². The number of thioether (sulfide) groups is 1. The van der Waals surface area contributed by atoms with Crippen molar-refractivity contribution in [3.63, 3.8) is 0 Å². The van der Waals surface area contributed by atoms with Gasteiger partial charge in [-0.3, -0.25) is 9.69 Å². The molecule has 1 saturated heterocycles. The zero-order chi connectivity index (χ0) is 29.9. The molecule has 0 spiro atoms. The quantitative estimate of drug-likeness (QED) is 0.209. The van der Waals surface area contributed by atoms with Crippen LogP contribution in [0, 0.1) is 5.92 Å². The molecule has 0 aromatic heterocycles. The second-order valence-corrected chi connectivity index (χ2v) is 14.5. The first-order chi connectivity index (χ1) is 17.1. The number of amides is 3. The number of hydrogen-bond acceptors (Lipinski definition) is 8. The van der Waals surface area contributed by atoms with Crippen LogP contribution in [0.2, 0.25) is 0 Å². The van der Waals surface area contributed by atoms with Crippen LogP contribution in [0.4, 0.5) is 9.59 Å². The monoisotopic (exact) mass is 556 g/mol. The Kier molecular flexibility index (Phi) is 10.9. The van der Waals surface area contributed by atoms with Crippen LogP contribution in [0.5, 0.6) is 0 Å². The minimum absolute atomic E-state index is 0.0938. The van der Waals surface area contributed by atoms with Crippen molar-refractivity contribution in [2.75, 3.05) is 5.75 Å². The van der Waals surface area contributed by atoms with Crippen LogP contribution in [-0.4, -0.2) is 73.4 Å². The molecule has 0 aliphatic carbocycles. The maximum absolute atomic E-state index is 13.9. The van der Waals surface area contributed by atoms with E-state index < -0.39 is 58.5 Å². The largest absolute Gasteiger partial charge is 0.458 e. The number of rotatable bonds is 7. The Morgan fingerprint density at radius 2 is 1.47 bits per heavy atom. The van der Waals surface area contributed by atoms with Crippen molar-refractivity contribution in [2.24, 2.45) is 5.92 Å². The van der Waals surface area contributed by atoms with E-state index in [1.165, 1.54) is 11.8 Å². The maximum Gasteiger partial charge on any atom is 0.419 e. The van der Waals surface area contributed by atoms with Gasteiger partial charge in [-0.1, -0.05) is 19.9 Å². The molecule has 0 aromatic carbocycles. The molecule has 0 aromatic rings. The number of carbonyl (C=O) groups is 4. The molecular formula is C28H48N2O7S. The fourth-order valence-corrected chi connectivity index (χ4v) is 5.33. The van der Waals surface area contributed by atoms with Gasteiger partial charge in [0.1, 0.15) is 28.5 Å². The second-order valence-electron chi connectivity index (χ2n) is 12.9. The number of likely N-dealkylation sites (tertiary alicyclic amines) is 1. The number of imide groups is 1. The van der Waals surface area contributed by atoms with Gasteiger partial charge in [0.05, 0.1) is 0 Å². The zero-order valence-electron chi connectivity index (χ0n) is 25.3. The Morgan fingerprint density at radius 1 is 0.974 bits per heavy atom. The van der Waals surface area contributed by atoms with Crippen LogP contribution < -0.4 is 0 Å². The summed E-state index contributed by atoms with van der Waals surface area (Å²) in [7, 11) is 0. The number of carbonyl (C=O) groups excluding carboxylic acids is 4. The average Bonchev–Trinajstić information content (AvgIpc) is 2.98. The number of ether oxygens (including phenoxy) is 3. The minimum atomic E-state index is -1.61. The number of esters is 1. The first-order valence-corrected chi connectivity index (χ1v) is 14.1. The van der Waals surface area contributed by atoms with E-state index in [0.717, 1.165) is 4.90 Å². The molecule has 0 saturated carbocycles. The Hall–Kier alpha value is -2.23. The van der Waals surface area contributed by atoms with E-state index in [0.29, 0.717) is 5.75 Å². The molecule has 0 unspecified atom stereocenters. The highest BCUT2D eigenvalue weighted by Gasteiger charge is 2.63. The lowest BCUT2D eigenvalue weighted by molar-refractivity contribution is -0.166. The third-order valence-electron chi connectivity index (χ3n) is 5.55. The van der Waals surface area contributed by atoms with Crippen LogP contribution in [-0.2, 0) is 23.8 Å². The van der Waals surface area contributed by atoms with Crippen LogP contribution in [0.15, 0.2) is 12.7 Å². The Balaban J connectivity index is 3.96. The van der Waals surface area contributed by atoms with Gasteiger partial charge in [-0.2, -0.15) is 11.8 Å². The fourth-order valence-electron chi connectivity index (χ4n) is 4.44.